The molecule has 8 nitrogen and oxygen atoms in total. The smallest absolute Gasteiger partial charge is 0.141 e. The van der Waals surface area contributed by atoms with Crippen molar-refractivity contribution in [1.29, 1.82) is 5.41 Å². The van der Waals surface area contributed by atoms with E-state index in [-0.39, 0.29) is 0 Å². The molecule has 35 heavy (non-hydrogen) atoms. The van der Waals surface area contributed by atoms with Gasteiger partial charge >= 0.3 is 0 Å². The lowest BCUT2D eigenvalue weighted by Gasteiger charge is -2.41. The molecule has 4 N–H and O–H groups in total. The molecule has 0 saturated carbocycles. The van der Waals surface area contributed by atoms with Gasteiger partial charge in [0.25, 0.3) is 0 Å². The van der Waals surface area contributed by atoms with Gasteiger partial charge in [0.15, 0.2) is 0 Å². The first kappa shape index (κ1) is 23.3. The minimum absolute atomic E-state index is 0.295. The molecule has 3 aromatic rings. The number of nitrogens with one attached hydrogen (secondary N) is 2. The van der Waals surface area contributed by atoms with Crippen LogP contribution >= 0.6 is 0 Å². The van der Waals surface area contributed by atoms with E-state index in [0.29, 0.717) is 34.7 Å². The fraction of sp³-hybridized carbons (Fsp3) is 0.370. The van der Waals surface area contributed by atoms with Gasteiger partial charge in [-0.2, -0.15) is 0 Å². The van der Waals surface area contributed by atoms with E-state index >= 15 is 0 Å². The number of likely N-dealkylation sites (tertiary alicyclic amines) is 2. The van der Waals surface area contributed by atoms with Crippen molar-refractivity contribution in [1.82, 2.24) is 19.8 Å². The Kier molecular flexibility index (Phi) is 6.92. The quantitative estimate of drug-likeness (QED) is 0.430. The van der Waals surface area contributed by atoms with Crippen LogP contribution in [0, 0.1) is 11.3 Å². The number of anilines is 2. The highest BCUT2D eigenvalue weighted by Gasteiger charge is 2.28. The van der Waals surface area contributed by atoms with Crippen molar-refractivity contribution in [3.63, 3.8) is 0 Å². The number of nitrogens with two attached hydrogens (primary N) is 1. The molecule has 0 radical (unpaired) electrons. The molecule has 2 aliphatic rings. The van der Waals surface area contributed by atoms with Gasteiger partial charge in [0, 0.05) is 44.3 Å². The molecular formula is C27H33N7O. The van der Waals surface area contributed by atoms with Crippen molar-refractivity contribution >= 4 is 17.3 Å². The number of ether oxygens (including phenoxy) is 1. The van der Waals surface area contributed by atoms with E-state index in [1.54, 1.807) is 0 Å². The number of benzene rings is 2. The first-order valence-electron chi connectivity index (χ1n) is 12.3. The van der Waals surface area contributed by atoms with Crippen LogP contribution in [0.15, 0.2) is 60.9 Å². The van der Waals surface area contributed by atoms with Crippen molar-refractivity contribution in [2.75, 3.05) is 50.8 Å². The minimum atomic E-state index is 0.295. The second kappa shape index (κ2) is 10.4. The molecule has 2 saturated heterocycles. The fourth-order valence-electron chi connectivity index (χ4n) is 4.98. The third kappa shape index (κ3) is 5.61. The van der Waals surface area contributed by atoms with Crippen molar-refractivity contribution < 1.29 is 4.74 Å². The fourth-order valence-corrected chi connectivity index (χ4v) is 4.98. The molecule has 0 aliphatic carbocycles. The molecule has 8 heteroatoms. The number of nitrogen functional groups attached to an aromatic ring is 1. The van der Waals surface area contributed by atoms with Crippen LogP contribution < -0.4 is 15.8 Å². The molecule has 0 amide bonds. The largest absolute Gasteiger partial charge is 0.457 e. The summed E-state index contributed by atoms with van der Waals surface area (Å²) in [5, 5.41) is 12.4. The highest BCUT2D eigenvalue weighted by atomic mass is 16.5. The molecule has 0 atom stereocenters. The molecule has 1 aromatic heterocycles. The van der Waals surface area contributed by atoms with E-state index in [2.05, 4.69) is 32.1 Å². The zero-order chi connectivity index (χ0) is 24.2. The molecule has 0 bridgehead atoms. The molecular weight excluding hydrogens is 438 g/mol. The molecule has 0 unspecified atom stereocenters. The van der Waals surface area contributed by atoms with Crippen molar-refractivity contribution in [2.24, 2.45) is 5.92 Å². The van der Waals surface area contributed by atoms with Crippen LogP contribution in [0.4, 0.5) is 11.6 Å². The van der Waals surface area contributed by atoms with E-state index in [4.69, 9.17) is 15.9 Å². The van der Waals surface area contributed by atoms with Gasteiger partial charge in [0.2, 0.25) is 0 Å². The van der Waals surface area contributed by atoms with E-state index < -0.39 is 0 Å². The summed E-state index contributed by atoms with van der Waals surface area (Å²) in [5.74, 6) is 3.23. The van der Waals surface area contributed by atoms with Gasteiger partial charge in [0.05, 0.1) is 11.3 Å². The molecule has 2 fully saturated rings. The standard InChI is InChI=1S/C27H33N7O/c1-33-15-19(16-33)17-34-13-11-21(12-14-34)32-27-24(26(29)30-18-31-27)25(28)20-7-9-23(10-8-20)35-22-5-3-2-4-6-22/h2-10,18-19,21,28H,11-17H2,1H3,(H3,29,30,31,32). The van der Waals surface area contributed by atoms with Crippen LogP contribution in [-0.2, 0) is 0 Å². The Bertz CT molecular complexity index is 1140. The maximum atomic E-state index is 8.86. The number of rotatable bonds is 8. The van der Waals surface area contributed by atoms with Crippen molar-refractivity contribution in [3.05, 3.63) is 72.1 Å². The number of hydrogen-bond donors (Lipinski definition) is 3. The summed E-state index contributed by atoms with van der Waals surface area (Å²) in [6.45, 7) is 5.77. The molecule has 3 heterocycles. The van der Waals surface area contributed by atoms with E-state index in [9.17, 15) is 0 Å². The second-order valence-corrected chi connectivity index (χ2v) is 9.60. The van der Waals surface area contributed by atoms with Gasteiger partial charge in [-0.3, -0.25) is 5.41 Å². The molecule has 0 spiro atoms. The topological polar surface area (TPSA) is 103 Å². The highest BCUT2D eigenvalue weighted by Crippen LogP contribution is 2.27. The van der Waals surface area contributed by atoms with Crippen LogP contribution in [-0.4, -0.2) is 71.3 Å². The molecule has 182 valence electrons. The Morgan fingerprint density at radius 1 is 1.03 bits per heavy atom. The Morgan fingerprint density at radius 2 is 1.71 bits per heavy atom. The van der Waals surface area contributed by atoms with Gasteiger partial charge in [-0.05, 0) is 62.2 Å². The summed E-state index contributed by atoms with van der Waals surface area (Å²) >= 11 is 0. The summed E-state index contributed by atoms with van der Waals surface area (Å²) in [5.41, 5.74) is 7.81. The minimum Gasteiger partial charge on any atom is -0.457 e. The zero-order valence-electron chi connectivity index (χ0n) is 20.2. The third-order valence-electron chi connectivity index (χ3n) is 6.83. The number of para-hydroxylation sites is 1. The highest BCUT2D eigenvalue weighted by molar-refractivity contribution is 6.16. The van der Waals surface area contributed by atoms with E-state index in [1.807, 2.05) is 54.6 Å². The van der Waals surface area contributed by atoms with Crippen molar-refractivity contribution in [2.45, 2.75) is 18.9 Å². The molecule has 2 aliphatic heterocycles. The summed E-state index contributed by atoms with van der Waals surface area (Å²) in [4.78, 5) is 13.6. The monoisotopic (exact) mass is 471 g/mol. The second-order valence-electron chi connectivity index (χ2n) is 9.60. The van der Waals surface area contributed by atoms with Crippen LogP contribution in [0.25, 0.3) is 0 Å². The van der Waals surface area contributed by atoms with Gasteiger partial charge in [-0.25, -0.2) is 9.97 Å². The summed E-state index contributed by atoms with van der Waals surface area (Å²) in [7, 11) is 2.18. The number of hydrogen-bond acceptors (Lipinski definition) is 8. The first-order chi connectivity index (χ1) is 17.0. The number of nitrogens with zero attached hydrogens (tertiary/aromatic N) is 4. The predicted octanol–water partition coefficient (Wildman–Crippen LogP) is 3.71. The number of aromatic nitrogens is 2. The van der Waals surface area contributed by atoms with Gasteiger partial charge in [-0.15, -0.1) is 0 Å². The van der Waals surface area contributed by atoms with Crippen molar-refractivity contribution in [3.8, 4) is 11.5 Å². The first-order valence-corrected chi connectivity index (χ1v) is 12.3. The average Bonchev–Trinajstić information content (AvgIpc) is 2.85. The van der Waals surface area contributed by atoms with Crippen LogP contribution in [0.3, 0.4) is 0 Å². The average molecular weight is 472 g/mol. The van der Waals surface area contributed by atoms with Gasteiger partial charge in [0.1, 0.15) is 29.5 Å². The summed E-state index contributed by atoms with van der Waals surface area (Å²) in [6.07, 6.45) is 3.56. The summed E-state index contributed by atoms with van der Waals surface area (Å²) < 4.78 is 5.88. The predicted molar refractivity (Wildman–Crippen MR) is 139 cm³/mol. The lowest BCUT2D eigenvalue weighted by atomic mass is 9.97. The Morgan fingerprint density at radius 3 is 2.40 bits per heavy atom. The normalized spacial score (nSPS) is 17.6. The molecule has 2 aromatic carbocycles. The lowest BCUT2D eigenvalue weighted by Crippen LogP contribution is -2.51. The number of piperidine rings is 1. The maximum Gasteiger partial charge on any atom is 0.141 e. The zero-order valence-corrected chi connectivity index (χ0v) is 20.2. The maximum absolute atomic E-state index is 8.86. The third-order valence-corrected chi connectivity index (χ3v) is 6.83. The van der Waals surface area contributed by atoms with E-state index in [1.165, 1.54) is 26.0 Å². The Labute approximate surface area is 206 Å². The van der Waals surface area contributed by atoms with Crippen LogP contribution in [0.5, 0.6) is 11.5 Å². The van der Waals surface area contributed by atoms with Crippen LogP contribution in [0.1, 0.15) is 24.0 Å². The lowest BCUT2D eigenvalue weighted by molar-refractivity contribution is 0.0811. The van der Waals surface area contributed by atoms with Crippen LogP contribution in [0.2, 0.25) is 0 Å². The molecule has 5 rings (SSSR count). The summed E-state index contributed by atoms with van der Waals surface area (Å²) in [6, 6.07) is 17.4. The van der Waals surface area contributed by atoms with Gasteiger partial charge in [-0.1, -0.05) is 18.2 Å². The van der Waals surface area contributed by atoms with E-state index in [0.717, 1.165) is 43.2 Å². The Balaban J connectivity index is 1.23. The SMILES string of the molecule is CN1CC(CN2CCC(Nc3ncnc(N)c3C(=N)c3ccc(Oc4ccccc4)cc3)CC2)C1. The Hall–Kier alpha value is -3.49. The van der Waals surface area contributed by atoms with Gasteiger partial charge < -0.3 is 25.6 Å².